The Balaban J connectivity index is 2.14. The Morgan fingerprint density at radius 2 is 2.24 bits per heavy atom. The second kappa shape index (κ2) is 3.24. The molecule has 2 heterocycles. The topological polar surface area (TPSA) is 89.9 Å². The van der Waals surface area contributed by atoms with Crippen molar-refractivity contribution in [3.63, 3.8) is 0 Å². The van der Waals surface area contributed by atoms with E-state index in [0.717, 1.165) is 0 Å². The van der Waals surface area contributed by atoms with Gasteiger partial charge < -0.3 is 10.4 Å². The maximum Gasteiger partial charge on any atom is 0.302 e. The molecule has 1 amide bonds. The van der Waals surface area contributed by atoms with Crippen molar-refractivity contribution in [1.29, 1.82) is 5.41 Å². The van der Waals surface area contributed by atoms with Gasteiger partial charge in [-0.05, 0) is 12.2 Å². The van der Waals surface area contributed by atoms with E-state index in [1.165, 1.54) is 17.2 Å². The maximum atomic E-state index is 11.9. The lowest BCUT2D eigenvalue weighted by Crippen LogP contribution is -2.26. The molecule has 1 unspecified atom stereocenters. The van der Waals surface area contributed by atoms with Crippen molar-refractivity contribution in [2.75, 3.05) is 4.90 Å². The highest BCUT2D eigenvalue weighted by atomic mass is 16.2. The molecule has 1 atom stereocenters. The third kappa shape index (κ3) is 1.20. The molecule has 0 spiro atoms. The number of Topliss-reactive ketones (excluding diaryl/α,β-unsaturated/α-hetero) is 1. The number of hydrogen-bond acceptors (Lipinski definition) is 4. The van der Waals surface area contributed by atoms with Crippen LogP contribution in [0.5, 0.6) is 0 Å². The molecule has 84 valence electrons. The van der Waals surface area contributed by atoms with Crippen LogP contribution < -0.4 is 4.90 Å². The van der Waals surface area contributed by atoms with Crippen LogP contribution in [0.2, 0.25) is 0 Å². The third-order valence-corrected chi connectivity index (χ3v) is 2.78. The number of imidazole rings is 1. The van der Waals surface area contributed by atoms with Gasteiger partial charge in [-0.1, -0.05) is 6.08 Å². The van der Waals surface area contributed by atoms with Crippen molar-refractivity contribution in [2.45, 2.75) is 0 Å². The number of allylic oxidation sites excluding steroid dienone is 4. The molecule has 0 bridgehead atoms. The van der Waals surface area contributed by atoms with E-state index in [9.17, 15) is 9.59 Å². The SMILES string of the molecule is N=C1C=CC=C2C1C(=O)C(=O)N2c1ncc[nH]1. The normalized spacial score (nSPS) is 23.1. The fraction of sp³-hybridized carbons (Fsp3) is 0.0909. The van der Waals surface area contributed by atoms with Gasteiger partial charge in [0.15, 0.2) is 0 Å². The maximum absolute atomic E-state index is 11.9. The molecule has 0 aromatic carbocycles. The summed E-state index contributed by atoms with van der Waals surface area (Å²) in [4.78, 5) is 31.6. The smallest absolute Gasteiger partial charge is 0.302 e. The Bertz CT molecular complexity index is 583. The summed E-state index contributed by atoms with van der Waals surface area (Å²) >= 11 is 0. The number of aromatic nitrogens is 2. The fourth-order valence-electron chi connectivity index (χ4n) is 2.03. The average Bonchev–Trinajstić information content (AvgIpc) is 2.89. The van der Waals surface area contributed by atoms with E-state index in [2.05, 4.69) is 9.97 Å². The highest BCUT2D eigenvalue weighted by Gasteiger charge is 2.47. The second-order valence-corrected chi connectivity index (χ2v) is 3.76. The molecule has 0 radical (unpaired) electrons. The first-order valence-corrected chi connectivity index (χ1v) is 5.04. The van der Waals surface area contributed by atoms with Gasteiger partial charge in [-0.25, -0.2) is 9.88 Å². The molecule has 0 saturated carbocycles. The lowest BCUT2D eigenvalue weighted by molar-refractivity contribution is -0.134. The van der Waals surface area contributed by atoms with Crippen LogP contribution in [0.1, 0.15) is 0 Å². The number of aromatic amines is 1. The van der Waals surface area contributed by atoms with Crippen molar-refractivity contribution < 1.29 is 9.59 Å². The van der Waals surface area contributed by atoms with Crippen molar-refractivity contribution in [3.8, 4) is 0 Å². The van der Waals surface area contributed by atoms with Crippen molar-refractivity contribution >= 4 is 23.4 Å². The van der Waals surface area contributed by atoms with E-state index in [-0.39, 0.29) is 5.71 Å². The summed E-state index contributed by atoms with van der Waals surface area (Å²) in [5, 5.41) is 7.69. The lowest BCUT2D eigenvalue weighted by Gasteiger charge is -2.17. The number of amides is 1. The molecule has 1 aliphatic heterocycles. The number of rotatable bonds is 1. The molecular formula is C11H8N4O2. The molecule has 1 aromatic rings. The molecular weight excluding hydrogens is 220 g/mol. The number of carbonyl (C=O) groups excluding carboxylic acids is 2. The van der Waals surface area contributed by atoms with E-state index in [1.807, 2.05) is 0 Å². The lowest BCUT2D eigenvalue weighted by atomic mass is 9.94. The quantitative estimate of drug-likeness (QED) is 0.682. The van der Waals surface area contributed by atoms with Crippen molar-refractivity contribution in [3.05, 3.63) is 36.3 Å². The van der Waals surface area contributed by atoms with Gasteiger partial charge in [-0.15, -0.1) is 0 Å². The highest BCUT2D eigenvalue weighted by molar-refractivity contribution is 6.50. The number of H-pyrrole nitrogens is 1. The highest BCUT2D eigenvalue weighted by Crippen LogP contribution is 2.32. The Hall–Kier alpha value is -2.50. The molecule has 1 aliphatic carbocycles. The summed E-state index contributed by atoms with van der Waals surface area (Å²) in [7, 11) is 0. The monoisotopic (exact) mass is 228 g/mol. The Morgan fingerprint density at radius 3 is 2.94 bits per heavy atom. The number of hydrogen-bond donors (Lipinski definition) is 2. The van der Waals surface area contributed by atoms with Crippen LogP contribution in [-0.2, 0) is 9.59 Å². The van der Waals surface area contributed by atoms with Gasteiger partial charge in [0, 0.05) is 23.8 Å². The number of nitrogens with one attached hydrogen (secondary N) is 2. The van der Waals surface area contributed by atoms with Gasteiger partial charge in [-0.2, -0.15) is 0 Å². The number of carbonyl (C=O) groups is 2. The predicted molar refractivity (Wildman–Crippen MR) is 59.5 cm³/mol. The first kappa shape index (κ1) is 9.71. The first-order chi connectivity index (χ1) is 8.20. The Kier molecular flexibility index (Phi) is 1.85. The molecule has 1 fully saturated rings. The van der Waals surface area contributed by atoms with Gasteiger partial charge in [-0.3, -0.25) is 9.59 Å². The first-order valence-electron chi connectivity index (χ1n) is 5.04. The van der Waals surface area contributed by atoms with E-state index in [4.69, 9.17) is 5.41 Å². The predicted octanol–water partition coefficient (Wildman–Crippen LogP) is 0.415. The average molecular weight is 228 g/mol. The third-order valence-electron chi connectivity index (χ3n) is 2.78. The van der Waals surface area contributed by atoms with Crippen molar-refractivity contribution in [2.24, 2.45) is 5.92 Å². The van der Waals surface area contributed by atoms with Crippen LogP contribution in [0.25, 0.3) is 0 Å². The van der Waals surface area contributed by atoms with Gasteiger partial charge in [0.1, 0.15) is 5.92 Å². The summed E-state index contributed by atoms with van der Waals surface area (Å²) in [6, 6.07) is 0. The zero-order valence-electron chi connectivity index (χ0n) is 8.68. The Labute approximate surface area is 96.2 Å². The van der Waals surface area contributed by atoms with Crippen LogP contribution in [0.3, 0.4) is 0 Å². The van der Waals surface area contributed by atoms with Gasteiger partial charge in [0.05, 0.1) is 0 Å². The molecule has 17 heavy (non-hydrogen) atoms. The number of nitrogens with zero attached hydrogens (tertiary/aromatic N) is 2. The van der Waals surface area contributed by atoms with Crippen LogP contribution in [-0.4, -0.2) is 27.4 Å². The Morgan fingerprint density at radius 1 is 1.41 bits per heavy atom. The van der Waals surface area contributed by atoms with Gasteiger partial charge in [0.2, 0.25) is 11.7 Å². The van der Waals surface area contributed by atoms with Gasteiger partial charge >= 0.3 is 5.91 Å². The summed E-state index contributed by atoms with van der Waals surface area (Å²) in [5.41, 5.74) is 0.623. The number of ketones is 1. The van der Waals surface area contributed by atoms with E-state index in [1.54, 1.807) is 18.3 Å². The molecule has 2 N–H and O–H groups in total. The molecule has 6 heteroatoms. The van der Waals surface area contributed by atoms with E-state index >= 15 is 0 Å². The minimum Gasteiger partial charge on any atom is -0.330 e. The van der Waals surface area contributed by atoms with E-state index < -0.39 is 17.6 Å². The zero-order valence-corrected chi connectivity index (χ0v) is 8.68. The fourth-order valence-corrected chi connectivity index (χ4v) is 2.03. The zero-order chi connectivity index (χ0) is 12.0. The van der Waals surface area contributed by atoms with Crippen LogP contribution in [0.15, 0.2) is 36.3 Å². The van der Waals surface area contributed by atoms with E-state index in [0.29, 0.717) is 11.6 Å². The van der Waals surface area contributed by atoms with Crippen molar-refractivity contribution in [1.82, 2.24) is 9.97 Å². The molecule has 1 aromatic heterocycles. The molecule has 2 aliphatic rings. The molecule has 6 nitrogen and oxygen atoms in total. The standard InChI is InChI=1S/C11H8N4O2/c12-6-2-1-3-7-8(6)9(16)10(17)15(7)11-13-4-5-14-11/h1-5,8,12H,(H,13,14). The second-order valence-electron chi connectivity index (χ2n) is 3.76. The minimum absolute atomic E-state index is 0.134. The number of fused-ring (bicyclic) bond motifs is 1. The van der Waals surface area contributed by atoms with Crippen LogP contribution in [0.4, 0.5) is 5.95 Å². The molecule has 1 saturated heterocycles. The summed E-state index contributed by atoms with van der Waals surface area (Å²) in [5.74, 6) is -1.70. The minimum atomic E-state index is -0.780. The summed E-state index contributed by atoms with van der Waals surface area (Å²) in [6.07, 6.45) is 7.91. The van der Waals surface area contributed by atoms with Crippen LogP contribution >= 0.6 is 0 Å². The van der Waals surface area contributed by atoms with Gasteiger partial charge in [0.25, 0.3) is 0 Å². The molecule has 3 rings (SSSR count). The largest absolute Gasteiger partial charge is 0.330 e. The number of anilines is 1. The van der Waals surface area contributed by atoms with Crippen LogP contribution in [0, 0.1) is 11.3 Å². The summed E-state index contributed by atoms with van der Waals surface area (Å²) < 4.78 is 0. The summed E-state index contributed by atoms with van der Waals surface area (Å²) in [6.45, 7) is 0.